The van der Waals surface area contributed by atoms with E-state index in [0.29, 0.717) is 12.5 Å². The van der Waals surface area contributed by atoms with Crippen molar-refractivity contribution in [3.8, 4) is 0 Å². The van der Waals surface area contributed by atoms with E-state index in [1.807, 2.05) is 0 Å². The molecule has 0 aromatic rings. The SMILES string of the molecule is NC(CCCCCC1CCCO1)C(=O)O. The van der Waals surface area contributed by atoms with Crippen LogP contribution in [0, 0.1) is 0 Å². The number of hydrogen-bond donors (Lipinski definition) is 2. The van der Waals surface area contributed by atoms with Gasteiger partial charge >= 0.3 is 5.97 Å². The van der Waals surface area contributed by atoms with Gasteiger partial charge in [0, 0.05) is 6.61 Å². The van der Waals surface area contributed by atoms with Crippen LogP contribution >= 0.6 is 0 Å². The molecule has 3 N–H and O–H groups in total. The minimum Gasteiger partial charge on any atom is -0.480 e. The number of unbranched alkanes of at least 4 members (excludes halogenated alkanes) is 2. The van der Waals surface area contributed by atoms with Crippen LogP contribution in [0.4, 0.5) is 0 Å². The number of carbonyl (C=O) groups is 1. The Morgan fingerprint density at radius 1 is 1.47 bits per heavy atom. The van der Waals surface area contributed by atoms with E-state index >= 15 is 0 Å². The smallest absolute Gasteiger partial charge is 0.320 e. The van der Waals surface area contributed by atoms with Crippen molar-refractivity contribution in [1.29, 1.82) is 0 Å². The van der Waals surface area contributed by atoms with Crippen molar-refractivity contribution in [3.63, 3.8) is 0 Å². The van der Waals surface area contributed by atoms with Crippen molar-refractivity contribution in [3.05, 3.63) is 0 Å². The molecule has 1 fully saturated rings. The molecule has 4 nitrogen and oxygen atoms in total. The van der Waals surface area contributed by atoms with E-state index in [2.05, 4.69) is 0 Å². The van der Waals surface area contributed by atoms with Crippen LogP contribution in [0.2, 0.25) is 0 Å². The molecule has 0 radical (unpaired) electrons. The number of rotatable bonds is 7. The molecule has 0 aromatic heterocycles. The molecule has 4 heteroatoms. The fraction of sp³-hybridized carbons (Fsp3) is 0.909. The molecule has 2 atom stereocenters. The summed E-state index contributed by atoms with van der Waals surface area (Å²) in [6, 6.07) is -0.687. The standard InChI is InChI=1S/C11H21NO3/c12-10(11(13)14)7-3-1-2-5-9-6-4-8-15-9/h9-10H,1-8,12H2,(H,13,14). The van der Waals surface area contributed by atoms with E-state index in [-0.39, 0.29) is 0 Å². The van der Waals surface area contributed by atoms with Crippen molar-refractivity contribution in [2.75, 3.05) is 6.61 Å². The van der Waals surface area contributed by atoms with Gasteiger partial charge in [-0.05, 0) is 25.7 Å². The van der Waals surface area contributed by atoms with E-state index in [9.17, 15) is 4.79 Å². The summed E-state index contributed by atoms with van der Waals surface area (Å²) in [4.78, 5) is 10.4. The Labute approximate surface area is 90.8 Å². The van der Waals surface area contributed by atoms with Crippen molar-refractivity contribution in [2.45, 2.75) is 57.1 Å². The molecule has 0 aromatic carbocycles. The molecule has 0 amide bonds. The Morgan fingerprint density at radius 3 is 2.87 bits per heavy atom. The van der Waals surface area contributed by atoms with E-state index in [4.69, 9.17) is 15.6 Å². The first-order valence-corrected chi connectivity index (χ1v) is 5.80. The van der Waals surface area contributed by atoms with E-state index in [1.165, 1.54) is 12.8 Å². The zero-order valence-electron chi connectivity index (χ0n) is 9.15. The highest BCUT2D eigenvalue weighted by Gasteiger charge is 2.15. The average Bonchev–Trinajstić information content (AvgIpc) is 2.69. The molecular weight excluding hydrogens is 194 g/mol. The molecule has 1 aliphatic rings. The van der Waals surface area contributed by atoms with Crippen LogP contribution in [-0.2, 0) is 9.53 Å². The fourth-order valence-electron chi connectivity index (χ4n) is 1.91. The maximum atomic E-state index is 10.4. The second-order valence-electron chi connectivity index (χ2n) is 4.22. The summed E-state index contributed by atoms with van der Waals surface area (Å²) in [6.07, 6.45) is 7.61. The quantitative estimate of drug-likeness (QED) is 0.632. The van der Waals surface area contributed by atoms with Gasteiger partial charge in [-0.25, -0.2) is 0 Å². The molecule has 0 saturated carbocycles. The van der Waals surface area contributed by atoms with Gasteiger partial charge in [-0.3, -0.25) is 4.79 Å². The lowest BCUT2D eigenvalue weighted by atomic mass is 10.0. The van der Waals surface area contributed by atoms with Crippen molar-refractivity contribution >= 4 is 5.97 Å². The summed E-state index contributed by atoms with van der Waals surface area (Å²) in [7, 11) is 0. The van der Waals surface area contributed by atoms with Gasteiger partial charge in [0.05, 0.1) is 6.10 Å². The molecule has 1 aliphatic heterocycles. The first-order valence-electron chi connectivity index (χ1n) is 5.80. The second-order valence-corrected chi connectivity index (χ2v) is 4.22. The number of nitrogens with two attached hydrogens (primary N) is 1. The highest BCUT2D eigenvalue weighted by Crippen LogP contribution is 2.18. The normalized spacial score (nSPS) is 22.9. The van der Waals surface area contributed by atoms with Crippen LogP contribution in [0.5, 0.6) is 0 Å². The Hall–Kier alpha value is -0.610. The molecule has 0 bridgehead atoms. The Bertz CT molecular complexity index is 190. The summed E-state index contributed by atoms with van der Waals surface area (Å²) < 4.78 is 5.50. The lowest BCUT2D eigenvalue weighted by molar-refractivity contribution is -0.138. The van der Waals surface area contributed by atoms with Crippen LogP contribution in [0.3, 0.4) is 0 Å². The predicted molar refractivity (Wildman–Crippen MR) is 57.7 cm³/mol. The zero-order valence-corrected chi connectivity index (χ0v) is 9.15. The van der Waals surface area contributed by atoms with E-state index < -0.39 is 12.0 Å². The summed E-state index contributed by atoms with van der Waals surface area (Å²) in [5.41, 5.74) is 5.40. The molecule has 1 rings (SSSR count). The first kappa shape index (κ1) is 12.5. The fourth-order valence-corrected chi connectivity index (χ4v) is 1.91. The van der Waals surface area contributed by atoms with Crippen LogP contribution in [-0.4, -0.2) is 29.8 Å². The molecular formula is C11H21NO3. The van der Waals surface area contributed by atoms with Crippen molar-refractivity contribution in [1.82, 2.24) is 0 Å². The van der Waals surface area contributed by atoms with Gasteiger partial charge in [0.25, 0.3) is 0 Å². The third-order valence-corrected chi connectivity index (χ3v) is 2.88. The highest BCUT2D eigenvalue weighted by atomic mass is 16.5. The number of carboxylic acid groups (broad SMARTS) is 1. The lowest BCUT2D eigenvalue weighted by Gasteiger charge is -2.09. The van der Waals surface area contributed by atoms with Crippen molar-refractivity contribution in [2.24, 2.45) is 5.73 Å². The Morgan fingerprint density at radius 2 is 2.27 bits per heavy atom. The second kappa shape index (κ2) is 6.80. The summed E-state index contributed by atoms with van der Waals surface area (Å²) >= 11 is 0. The van der Waals surface area contributed by atoms with E-state index in [0.717, 1.165) is 32.3 Å². The third-order valence-electron chi connectivity index (χ3n) is 2.88. The average molecular weight is 215 g/mol. The molecule has 15 heavy (non-hydrogen) atoms. The maximum absolute atomic E-state index is 10.4. The van der Waals surface area contributed by atoms with Crippen LogP contribution in [0.15, 0.2) is 0 Å². The van der Waals surface area contributed by atoms with Crippen LogP contribution in [0.25, 0.3) is 0 Å². The zero-order chi connectivity index (χ0) is 11.1. The highest BCUT2D eigenvalue weighted by molar-refractivity contribution is 5.72. The minimum atomic E-state index is -0.894. The number of aliphatic carboxylic acids is 1. The van der Waals surface area contributed by atoms with Crippen LogP contribution in [0.1, 0.15) is 44.9 Å². The van der Waals surface area contributed by atoms with Gasteiger partial charge < -0.3 is 15.6 Å². The minimum absolute atomic E-state index is 0.457. The predicted octanol–water partition coefficient (Wildman–Crippen LogP) is 1.53. The van der Waals surface area contributed by atoms with E-state index in [1.54, 1.807) is 0 Å². The molecule has 88 valence electrons. The number of hydrogen-bond acceptors (Lipinski definition) is 3. The van der Waals surface area contributed by atoms with Gasteiger partial charge in [0.1, 0.15) is 6.04 Å². The van der Waals surface area contributed by atoms with Gasteiger partial charge in [0.2, 0.25) is 0 Å². The Kier molecular flexibility index (Phi) is 5.65. The van der Waals surface area contributed by atoms with Gasteiger partial charge in [-0.1, -0.05) is 19.3 Å². The van der Waals surface area contributed by atoms with Gasteiger partial charge in [-0.2, -0.15) is 0 Å². The van der Waals surface area contributed by atoms with Crippen LogP contribution < -0.4 is 5.73 Å². The summed E-state index contributed by atoms with van der Waals surface area (Å²) in [5.74, 6) is -0.894. The van der Waals surface area contributed by atoms with Gasteiger partial charge in [-0.15, -0.1) is 0 Å². The molecule has 0 aliphatic carbocycles. The first-order chi connectivity index (χ1) is 7.20. The monoisotopic (exact) mass is 215 g/mol. The van der Waals surface area contributed by atoms with Gasteiger partial charge in [0.15, 0.2) is 0 Å². The summed E-state index contributed by atoms with van der Waals surface area (Å²) in [5, 5.41) is 8.57. The number of carboxylic acids is 1. The number of ether oxygens (including phenoxy) is 1. The molecule has 1 saturated heterocycles. The molecule has 1 heterocycles. The molecule has 0 spiro atoms. The Balaban J connectivity index is 1.90. The summed E-state index contributed by atoms with van der Waals surface area (Å²) in [6.45, 7) is 0.911. The topological polar surface area (TPSA) is 72.5 Å². The van der Waals surface area contributed by atoms with Crippen molar-refractivity contribution < 1.29 is 14.6 Å². The largest absolute Gasteiger partial charge is 0.480 e. The third kappa shape index (κ3) is 5.14. The maximum Gasteiger partial charge on any atom is 0.320 e. The molecule has 2 unspecified atom stereocenters. The lowest BCUT2D eigenvalue weighted by Crippen LogP contribution is -2.29.